The summed E-state index contributed by atoms with van der Waals surface area (Å²) in [5, 5.41) is 0. The Bertz CT molecular complexity index is 56.3. The first kappa shape index (κ1) is 6.21. The van der Waals surface area contributed by atoms with Gasteiger partial charge in [0.1, 0.15) is 0 Å². The molecule has 6 heavy (non-hydrogen) atoms. The summed E-state index contributed by atoms with van der Waals surface area (Å²) in [7, 11) is -2.65. The van der Waals surface area contributed by atoms with Crippen LogP contribution in [0.1, 0.15) is 0 Å². The average molecular weight is 122 g/mol. The van der Waals surface area contributed by atoms with E-state index in [0.717, 1.165) is 0 Å². The van der Waals surface area contributed by atoms with Crippen LogP contribution in [0.3, 0.4) is 0 Å². The first-order valence-electron chi connectivity index (χ1n) is 1.59. The second kappa shape index (κ2) is 1.77. The zero-order valence-corrected chi connectivity index (χ0v) is 5.33. The van der Waals surface area contributed by atoms with Crippen molar-refractivity contribution in [1.82, 2.24) is 0 Å². The van der Waals surface area contributed by atoms with Crippen molar-refractivity contribution >= 4 is 18.7 Å². The molecule has 0 aliphatic carbocycles. The molecule has 0 saturated heterocycles. The Morgan fingerprint density at radius 1 is 2.00 bits per heavy atom. The first-order chi connectivity index (χ1) is 2.56. The van der Waals surface area contributed by atoms with Crippen molar-refractivity contribution in [2.75, 3.05) is 0 Å². The molecule has 1 radical (unpaired) electrons. The van der Waals surface area contributed by atoms with Gasteiger partial charge in [0, 0.05) is 0 Å². The average Bonchev–Trinajstić information content (AvgIpc) is 1.35. The maximum absolute atomic E-state index is 10.3. The zero-order chi connectivity index (χ0) is 5.21. The lowest BCUT2D eigenvalue weighted by molar-refractivity contribution is 0.456. The van der Waals surface area contributed by atoms with E-state index in [-0.39, 0.29) is 0 Å². The van der Waals surface area contributed by atoms with E-state index >= 15 is 0 Å². The molecule has 1 nitrogen and oxygen atoms in total. The molecule has 0 bridgehead atoms. The second-order valence-electron chi connectivity index (χ2n) is 1.19. The maximum atomic E-state index is 10.3. The summed E-state index contributed by atoms with van der Waals surface area (Å²) in [6.07, 6.45) is 0. The fraction of sp³-hybridized carbons (Fsp3) is 0.333. The van der Waals surface area contributed by atoms with Gasteiger partial charge in [0.25, 0.3) is 0 Å². The minimum atomic E-state index is -2.65. The fourth-order valence-electron chi connectivity index (χ4n) is 0. The predicted molar refractivity (Wildman–Crippen MR) is 28.4 cm³/mol. The summed E-state index contributed by atoms with van der Waals surface area (Å²) in [5.41, 5.74) is 1.29. The number of rotatable bonds is 1. The van der Waals surface area contributed by atoms with Gasteiger partial charge in [-0.1, -0.05) is 5.70 Å². The molecule has 0 heterocycles. The Kier molecular flexibility index (Phi) is 1.84. The molecular formula is C3H6ClOSi. The molecule has 35 valence electrons. The van der Waals surface area contributed by atoms with Crippen LogP contribution >= 0.6 is 11.1 Å². The van der Waals surface area contributed by atoms with Crippen molar-refractivity contribution in [2.24, 2.45) is 0 Å². The molecule has 0 aliphatic heterocycles. The summed E-state index contributed by atoms with van der Waals surface area (Å²) >= 11 is 5.18. The highest BCUT2D eigenvalue weighted by molar-refractivity contribution is 7.17. The molecule has 0 aromatic carbocycles. The Morgan fingerprint density at radius 2 is 2.17 bits per heavy atom. The van der Waals surface area contributed by atoms with E-state index in [1.54, 1.807) is 0 Å². The van der Waals surface area contributed by atoms with Crippen LogP contribution in [-0.4, -0.2) is 7.63 Å². The van der Waals surface area contributed by atoms with E-state index in [1.807, 2.05) is 0 Å². The molecule has 1 atom stereocenters. The third kappa shape index (κ3) is 4.21. The molecule has 3 heteroatoms. The van der Waals surface area contributed by atoms with Crippen molar-refractivity contribution in [3.05, 3.63) is 12.3 Å². The molecule has 0 spiro atoms. The summed E-state index contributed by atoms with van der Waals surface area (Å²) in [6.45, 7) is 4.72. The molecule has 0 rings (SSSR count). The summed E-state index contributed by atoms with van der Waals surface area (Å²) in [6, 6.07) is 0. The lowest BCUT2D eigenvalue weighted by Crippen LogP contribution is -2.14. The van der Waals surface area contributed by atoms with Crippen molar-refractivity contribution in [2.45, 2.75) is 6.55 Å². The number of halogens is 1. The van der Waals surface area contributed by atoms with Gasteiger partial charge in [0.15, 0.2) is 0 Å². The molecule has 0 fully saturated rings. The summed E-state index contributed by atoms with van der Waals surface area (Å²) in [4.78, 5) is 10.3. The number of hydrogen-bond acceptors (Lipinski definition) is 0. The van der Waals surface area contributed by atoms with Crippen molar-refractivity contribution < 1.29 is 4.80 Å². The monoisotopic (exact) mass is 121 g/mol. The zero-order valence-electron chi connectivity index (χ0n) is 3.57. The van der Waals surface area contributed by atoms with Gasteiger partial charge in [-0.15, -0.1) is 17.7 Å². The quantitative estimate of drug-likeness (QED) is 0.370. The molecule has 0 aromatic heterocycles. The van der Waals surface area contributed by atoms with E-state index in [2.05, 4.69) is 6.58 Å². The minimum Gasteiger partial charge on any atom is -0.272 e. The highest BCUT2D eigenvalue weighted by Gasteiger charge is 2.16. The number of hydrogen-bond donors (Lipinski definition) is 0. The first-order valence-corrected chi connectivity index (χ1v) is 5.09. The summed E-state index contributed by atoms with van der Waals surface area (Å²) in [5.74, 6) is 0. The van der Waals surface area contributed by atoms with Gasteiger partial charge in [0.05, 0.1) is 0 Å². The van der Waals surface area contributed by atoms with Crippen LogP contribution in [0, 0.1) is 0 Å². The molecular weight excluding hydrogens is 116 g/mol. The second-order valence-corrected chi connectivity index (χ2v) is 5.82. The van der Waals surface area contributed by atoms with Crippen LogP contribution in [0.5, 0.6) is 0 Å². The van der Waals surface area contributed by atoms with E-state index in [0.29, 0.717) is 0 Å². The third-order valence-corrected chi connectivity index (χ3v) is 1.56. The molecule has 0 N–H and O–H groups in total. The Hall–Kier alpha value is 0.207. The Morgan fingerprint density at radius 3 is 2.17 bits per heavy atom. The Labute approximate surface area is 43.1 Å². The van der Waals surface area contributed by atoms with Gasteiger partial charge in [-0.2, -0.15) is 0 Å². The van der Waals surface area contributed by atoms with Gasteiger partial charge in [-0.25, -0.2) is 0 Å². The molecule has 0 amide bonds. The van der Waals surface area contributed by atoms with Crippen LogP contribution in [0.2, 0.25) is 6.55 Å². The lowest BCUT2D eigenvalue weighted by atomic mass is 11.3. The highest BCUT2D eigenvalue weighted by Crippen LogP contribution is 2.02. The molecule has 0 aromatic rings. The van der Waals surface area contributed by atoms with E-state index in [4.69, 9.17) is 11.1 Å². The minimum absolute atomic E-state index is 1.29. The standard InChI is InChI=1S/C3H6ClOSi/c1-3-6(2,4)5/h3H,1H2,2H3. The van der Waals surface area contributed by atoms with Crippen LogP contribution in [0.4, 0.5) is 0 Å². The third-order valence-electron chi connectivity index (χ3n) is 0.365. The highest BCUT2D eigenvalue weighted by atomic mass is 35.6. The Balaban J connectivity index is 3.45. The predicted octanol–water partition coefficient (Wildman–Crippen LogP) is 1.45. The van der Waals surface area contributed by atoms with E-state index in [1.165, 1.54) is 12.2 Å². The topological polar surface area (TPSA) is 19.9 Å². The summed E-state index contributed by atoms with van der Waals surface area (Å²) < 4.78 is 0. The normalized spacial score (nSPS) is 19.2. The van der Waals surface area contributed by atoms with Gasteiger partial charge >= 0.3 is 7.63 Å². The van der Waals surface area contributed by atoms with Gasteiger partial charge in [0.2, 0.25) is 0 Å². The van der Waals surface area contributed by atoms with Gasteiger partial charge in [-0.05, 0) is 6.55 Å². The van der Waals surface area contributed by atoms with Gasteiger partial charge < -0.3 is 0 Å². The van der Waals surface area contributed by atoms with Crippen LogP contribution in [0.25, 0.3) is 0 Å². The largest absolute Gasteiger partial charge is 0.349 e. The maximum Gasteiger partial charge on any atom is 0.349 e. The van der Waals surface area contributed by atoms with Crippen LogP contribution in [-0.2, 0) is 4.80 Å². The smallest absolute Gasteiger partial charge is 0.272 e. The van der Waals surface area contributed by atoms with Crippen molar-refractivity contribution in [3.63, 3.8) is 0 Å². The van der Waals surface area contributed by atoms with Crippen molar-refractivity contribution in [3.8, 4) is 0 Å². The lowest BCUT2D eigenvalue weighted by Gasteiger charge is -1.94. The van der Waals surface area contributed by atoms with E-state index < -0.39 is 7.63 Å². The SMILES string of the molecule is C=C[Si](C)([O])Cl. The van der Waals surface area contributed by atoms with E-state index in [9.17, 15) is 4.80 Å². The van der Waals surface area contributed by atoms with Crippen molar-refractivity contribution in [1.29, 1.82) is 0 Å². The molecule has 1 unspecified atom stereocenters. The molecule has 0 saturated carbocycles. The van der Waals surface area contributed by atoms with Crippen LogP contribution < -0.4 is 0 Å². The molecule has 0 aliphatic rings. The van der Waals surface area contributed by atoms with Gasteiger partial charge in [-0.3, -0.25) is 4.80 Å². The fourth-order valence-corrected chi connectivity index (χ4v) is 0. The van der Waals surface area contributed by atoms with Crippen LogP contribution in [0.15, 0.2) is 12.3 Å².